The Bertz CT molecular complexity index is 737. The Morgan fingerprint density at radius 2 is 1.60 bits per heavy atom. The van der Waals surface area contributed by atoms with Crippen molar-refractivity contribution in [2.75, 3.05) is 37.0 Å². The van der Waals surface area contributed by atoms with Crippen LogP contribution in [0.4, 0.5) is 11.4 Å². The number of thioether (sulfide) groups is 1. The summed E-state index contributed by atoms with van der Waals surface area (Å²) < 4.78 is 0.949. The lowest BCUT2D eigenvalue weighted by molar-refractivity contribution is -0.119. The second-order valence-electron chi connectivity index (χ2n) is 5.48. The molecule has 2 N–H and O–H groups in total. The standard InChI is InChI=1S/C18H20BrN3O2S/c1-22(11-17(23)20-14-9-7-13(19)8-10-14)12-18(24)21-15-5-3-4-6-16(15)25-2/h3-10H,11-12H2,1-2H3,(H,20,23)(H,21,24). The van der Waals surface area contributed by atoms with Crippen molar-refractivity contribution in [1.82, 2.24) is 4.90 Å². The van der Waals surface area contributed by atoms with E-state index in [1.807, 2.05) is 54.8 Å². The van der Waals surface area contributed by atoms with E-state index in [-0.39, 0.29) is 24.9 Å². The second kappa shape index (κ2) is 9.60. The molecule has 0 heterocycles. The third kappa shape index (κ3) is 6.53. The summed E-state index contributed by atoms with van der Waals surface area (Å²) in [5.41, 5.74) is 1.51. The smallest absolute Gasteiger partial charge is 0.238 e. The van der Waals surface area contributed by atoms with Gasteiger partial charge in [-0.2, -0.15) is 0 Å². The number of amides is 2. The first kappa shape index (κ1) is 19.5. The Balaban J connectivity index is 1.82. The molecule has 2 aromatic carbocycles. The summed E-state index contributed by atoms with van der Waals surface area (Å²) in [5.74, 6) is -0.317. The molecular weight excluding hydrogens is 402 g/mol. The van der Waals surface area contributed by atoms with E-state index < -0.39 is 0 Å². The van der Waals surface area contributed by atoms with Crippen LogP contribution in [0.25, 0.3) is 0 Å². The largest absolute Gasteiger partial charge is 0.325 e. The minimum Gasteiger partial charge on any atom is -0.325 e. The lowest BCUT2D eigenvalue weighted by Gasteiger charge is -2.16. The summed E-state index contributed by atoms with van der Waals surface area (Å²) in [6, 6.07) is 15.0. The molecule has 0 fully saturated rings. The van der Waals surface area contributed by atoms with Crippen molar-refractivity contribution < 1.29 is 9.59 Å². The van der Waals surface area contributed by atoms with E-state index in [0.29, 0.717) is 0 Å². The molecule has 0 unspecified atom stereocenters. The zero-order valence-electron chi connectivity index (χ0n) is 14.1. The molecule has 7 heteroatoms. The molecule has 0 saturated heterocycles. The molecule has 0 aliphatic heterocycles. The molecule has 0 saturated carbocycles. The van der Waals surface area contributed by atoms with Gasteiger partial charge in [0.25, 0.3) is 0 Å². The van der Waals surface area contributed by atoms with Crippen molar-refractivity contribution >= 4 is 50.9 Å². The highest BCUT2D eigenvalue weighted by Crippen LogP contribution is 2.24. The van der Waals surface area contributed by atoms with Gasteiger partial charge >= 0.3 is 0 Å². The summed E-state index contributed by atoms with van der Waals surface area (Å²) in [5, 5.41) is 5.69. The Labute approximate surface area is 160 Å². The number of halogens is 1. The topological polar surface area (TPSA) is 61.4 Å². The van der Waals surface area contributed by atoms with Crippen LogP contribution >= 0.6 is 27.7 Å². The van der Waals surface area contributed by atoms with Crippen LogP contribution < -0.4 is 10.6 Å². The molecule has 2 amide bonds. The summed E-state index contributed by atoms with van der Waals surface area (Å²) in [6.07, 6.45) is 1.96. The normalized spacial score (nSPS) is 10.6. The lowest BCUT2D eigenvalue weighted by atomic mass is 10.3. The van der Waals surface area contributed by atoms with E-state index in [1.54, 1.807) is 23.7 Å². The molecule has 2 aromatic rings. The molecule has 0 aliphatic rings. The van der Waals surface area contributed by atoms with Gasteiger partial charge in [-0.25, -0.2) is 0 Å². The number of carbonyl (C=O) groups is 2. The van der Waals surface area contributed by atoms with Crippen LogP contribution in [0.5, 0.6) is 0 Å². The van der Waals surface area contributed by atoms with E-state index in [2.05, 4.69) is 26.6 Å². The molecule has 25 heavy (non-hydrogen) atoms. The van der Waals surface area contributed by atoms with Crippen LogP contribution in [-0.2, 0) is 9.59 Å². The molecule has 0 aliphatic carbocycles. The number of anilines is 2. The highest BCUT2D eigenvalue weighted by Gasteiger charge is 2.12. The highest BCUT2D eigenvalue weighted by molar-refractivity contribution is 9.10. The van der Waals surface area contributed by atoms with Gasteiger partial charge in [0.05, 0.1) is 18.8 Å². The number of rotatable bonds is 7. The first-order valence-corrected chi connectivity index (χ1v) is 9.66. The monoisotopic (exact) mass is 421 g/mol. The van der Waals surface area contributed by atoms with Crippen molar-refractivity contribution in [3.8, 4) is 0 Å². The van der Waals surface area contributed by atoms with Gasteiger partial charge in [0.2, 0.25) is 11.8 Å². The van der Waals surface area contributed by atoms with Crippen LogP contribution in [-0.4, -0.2) is 43.1 Å². The van der Waals surface area contributed by atoms with Gasteiger partial charge in [-0.15, -0.1) is 11.8 Å². The number of nitrogens with one attached hydrogen (secondary N) is 2. The van der Waals surface area contributed by atoms with Crippen molar-refractivity contribution in [3.05, 3.63) is 53.0 Å². The predicted octanol–water partition coefficient (Wildman–Crippen LogP) is 3.68. The van der Waals surface area contributed by atoms with Crippen LogP contribution in [0.1, 0.15) is 0 Å². The van der Waals surface area contributed by atoms with E-state index in [9.17, 15) is 9.59 Å². The van der Waals surface area contributed by atoms with Crippen molar-refractivity contribution in [1.29, 1.82) is 0 Å². The van der Waals surface area contributed by atoms with Gasteiger partial charge in [-0.3, -0.25) is 14.5 Å². The Morgan fingerprint density at radius 3 is 2.24 bits per heavy atom. The average Bonchev–Trinajstić information content (AvgIpc) is 2.57. The zero-order valence-corrected chi connectivity index (χ0v) is 16.5. The molecule has 0 aromatic heterocycles. The summed E-state index contributed by atoms with van der Waals surface area (Å²) in [4.78, 5) is 26.9. The third-order valence-electron chi connectivity index (χ3n) is 3.34. The van der Waals surface area contributed by atoms with Crippen molar-refractivity contribution in [3.63, 3.8) is 0 Å². The molecule has 0 atom stereocenters. The maximum atomic E-state index is 12.2. The quantitative estimate of drug-likeness (QED) is 0.669. The van der Waals surface area contributed by atoms with Crippen LogP contribution in [0.2, 0.25) is 0 Å². The van der Waals surface area contributed by atoms with E-state index >= 15 is 0 Å². The summed E-state index contributed by atoms with van der Waals surface area (Å²) in [6.45, 7) is 0.268. The zero-order chi connectivity index (χ0) is 18.2. The molecule has 0 radical (unpaired) electrons. The van der Waals surface area contributed by atoms with Crippen molar-refractivity contribution in [2.45, 2.75) is 4.90 Å². The maximum Gasteiger partial charge on any atom is 0.238 e. The SMILES string of the molecule is CSc1ccccc1NC(=O)CN(C)CC(=O)Nc1ccc(Br)cc1. The molecule has 0 bridgehead atoms. The van der Waals surface area contributed by atoms with Crippen LogP contribution in [0.3, 0.4) is 0 Å². The lowest BCUT2D eigenvalue weighted by Crippen LogP contribution is -2.36. The Morgan fingerprint density at radius 1 is 1.00 bits per heavy atom. The minimum absolute atomic E-state index is 0.133. The third-order valence-corrected chi connectivity index (χ3v) is 4.66. The predicted molar refractivity (Wildman–Crippen MR) is 107 cm³/mol. The van der Waals surface area contributed by atoms with E-state index in [0.717, 1.165) is 20.7 Å². The molecule has 132 valence electrons. The number of likely N-dealkylation sites (N-methyl/N-ethyl adjacent to an activating group) is 1. The molecule has 2 rings (SSSR count). The number of para-hydroxylation sites is 1. The number of hydrogen-bond donors (Lipinski definition) is 2. The molecule has 5 nitrogen and oxygen atoms in total. The maximum absolute atomic E-state index is 12.2. The second-order valence-corrected chi connectivity index (χ2v) is 7.24. The minimum atomic E-state index is -0.165. The van der Waals surface area contributed by atoms with E-state index in [1.165, 1.54) is 0 Å². The van der Waals surface area contributed by atoms with Gasteiger partial charge in [-0.05, 0) is 49.7 Å². The van der Waals surface area contributed by atoms with Gasteiger partial charge in [0.15, 0.2) is 0 Å². The number of carbonyl (C=O) groups excluding carboxylic acids is 2. The van der Waals surface area contributed by atoms with Gasteiger partial charge in [0.1, 0.15) is 0 Å². The number of benzene rings is 2. The Kier molecular flexibility index (Phi) is 7.49. The first-order chi connectivity index (χ1) is 12.0. The van der Waals surface area contributed by atoms with Crippen LogP contribution in [0.15, 0.2) is 57.9 Å². The number of hydrogen-bond acceptors (Lipinski definition) is 4. The molecular formula is C18H20BrN3O2S. The fraction of sp³-hybridized carbons (Fsp3) is 0.222. The fourth-order valence-corrected chi connectivity index (χ4v) is 3.04. The van der Waals surface area contributed by atoms with Crippen molar-refractivity contribution in [2.24, 2.45) is 0 Å². The molecule has 0 spiro atoms. The first-order valence-electron chi connectivity index (χ1n) is 7.65. The summed E-state index contributed by atoms with van der Waals surface area (Å²) >= 11 is 4.92. The van der Waals surface area contributed by atoms with Gasteiger partial charge in [0, 0.05) is 15.1 Å². The summed E-state index contributed by atoms with van der Waals surface area (Å²) in [7, 11) is 1.74. The van der Waals surface area contributed by atoms with Gasteiger partial charge < -0.3 is 10.6 Å². The van der Waals surface area contributed by atoms with Crippen LogP contribution in [0, 0.1) is 0 Å². The Hall–Kier alpha value is -1.83. The number of nitrogens with zero attached hydrogens (tertiary/aromatic N) is 1. The fourth-order valence-electron chi connectivity index (χ4n) is 2.22. The highest BCUT2D eigenvalue weighted by atomic mass is 79.9. The average molecular weight is 422 g/mol. The van der Waals surface area contributed by atoms with Gasteiger partial charge in [-0.1, -0.05) is 28.1 Å². The van der Waals surface area contributed by atoms with E-state index in [4.69, 9.17) is 0 Å².